The lowest BCUT2D eigenvalue weighted by Crippen LogP contribution is -2.40. The number of thiazole rings is 1. The molecule has 0 amide bonds. The molecule has 2 rings (SSSR count). The van der Waals surface area contributed by atoms with Gasteiger partial charge in [0.2, 0.25) is 5.01 Å². The number of carboxylic acids is 1. The van der Waals surface area contributed by atoms with E-state index in [1.165, 1.54) is 0 Å². The van der Waals surface area contributed by atoms with E-state index in [0.29, 0.717) is 18.7 Å². The van der Waals surface area contributed by atoms with Gasteiger partial charge in [-0.3, -0.25) is 9.69 Å². The Labute approximate surface area is 109 Å². The summed E-state index contributed by atoms with van der Waals surface area (Å²) < 4.78 is 0. The van der Waals surface area contributed by atoms with Crippen molar-refractivity contribution in [2.24, 2.45) is 5.92 Å². The number of Topliss-reactive ketones (excluding diaryl/α,β-unsaturated/α-hetero) is 1. The molecule has 0 aliphatic carbocycles. The number of hydrogen-bond donors (Lipinski definition) is 1. The number of aromatic nitrogens is 1. The van der Waals surface area contributed by atoms with Crippen LogP contribution in [0.15, 0.2) is 5.38 Å². The van der Waals surface area contributed by atoms with Crippen molar-refractivity contribution < 1.29 is 14.7 Å². The van der Waals surface area contributed by atoms with Crippen LogP contribution in [-0.2, 0) is 11.3 Å². The summed E-state index contributed by atoms with van der Waals surface area (Å²) in [6.45, 7) is 4.16. The van der Waals surface area contributed by atoms with E-state index in [1.807, 2.05) is 6.92 Å². The van der Waals surface area contributed by atoms with Crippen molar-refractivity contribution in [2.45, 2.75) is 26.3 Å². The Hall–Kier alpha value is -1.27. The van der Waals surface area contributed by atoms with Crippen LogP contribution in [0.5, 0.6) is 0 Å². The molecule has 1 saturated heterocycles. The van der Waals surface area contributed by atoms with Crippen molar-refractivity contribution in [2.75, 3.05) is 13.1 Å². The minimum absolute atomic E-state index is 0.122. The van der Waals surface area contributed by atoms with Crippen LogP contribution in [0.1, 0.15) is 35.3 Å². The first-order valence-corrected chi connectivity index (χ1v) is 6.91. The smallest absolute Gasteiger partial charge is 0.365 e. The van der Waals surface area contributed by atoms with Crippen LogP contribution in [0.4, 0.5) is 0 Å². The maximum atomic E-state index is 11.6. The first-order valence-electron chi connectivity index (χ1n) is 6.03. The molecule has 0 radical (unpaired) electrons. The van der Waals surface area contributed by atoms with Gasteiger partial charge in [0.25, 0.3) is 0 Å². The van der Waals surface area contributed by atoms with Gasteiger partial charge in [-0.25, -0.2) is 9.78 Å². The summed E-state index contributed by atoms with van der Waals surface area (Å²) in [4.78, 5) is 28.6. The molecule has 2 heterocycles. The predicted octanol–water partition coefficient (Wildman–Crippen LogP) is 1.64. The predicted molar refractivity (Wildman–Crippen MR) is 67.8 cm³/mol. The second-order valence-electron chi connectivity index (χ2n) is 4.51. The van der Waals surface area contributed by atoms with Gasteiger partial charge in [0, 0.05) is 37.4 Å². The Kier molecular flexibility index (Phi) is 4.08. The number of carbonyl (C=O) groups is 2. The number of likely N-dealkylation sites (tertiary alicyclic amines) is 1. The van der Waals surface area contributed by atoms with E-state index < -0.39 is 5.97 Å². The average Bonchev–Trinajstić information content (AvgIpc) is 2.80. The van der Waals surface area contributed by atoms with Crippen molar-refractivity contribution >= 4 is 23.1 Å². The number of hydrogen-bond acceptors (Lipinski definition) is 5. The number of ketones is 1. The van der Waals surface area contributed by atoms with E-state index in [-0.39, 0.29) is 10.9 Å². The monoisotopic (exact) mass is 268 g/mol. The number of piperidine rings is 1. The van der Waals surface area contributed by atoms with Gasteiger partial charge in [0.15, 0.2) is 0 Å². The highest BCUT2D eigenvalue weighted by Gasteiger charge is 2.26. The number of aromatic carboxylic acids is 1. The standard InChI is InChI=1S/C12H16N2O3S/c1-2-8-5-14(4-3-10(8)15)6-9-7-18-11(13-9)12(16)17/h7-8H,2-6H2,1H3,(H,16,17). The zero-order valence-electron chi connectivity index (χ0n) is 10.3. The summed E-state index contributed by atoms with van der Waals surface area (Å²) in [5, 5.41) is 10.7. The van der Waals surface area contributed by atoms with E-state index in [1.54, 1.807) is 5.38 Å². The molecule has 6 heteroatoms. The van der Waals surface area contributed by atoms with E-state index in [4.69, 9.17) is 5.11 Å². The molecule has 1 aliphatic heterocycles. The van der Waals surface area contributed by atoms with Crippen LogP contribution in [0.25, 0.3) is 0 Å². The fraction of sp³-hybridized carbons (Fsp3) is 0.583. The highest BCUT2D eigenvalue weighted by molar-refractivity contribution is 7.11. The SMILES string of the molecule is CCC1CN(Cc2csc(C(=O)O)n2)CCC1=O. The van der Waals surface area contributed by atoms with Gasteiger partial charge in [-0.15, -0.1) is 11.3 Å². The summed E-state index contributed by atoms with van der Waals surface area (Å²) in [5.74, 6) is -0.513. The minimum Gasteiger partial charge on any atom is -0.476 e. The molecule has 1 fully saturated rings. The second kappa shape index (κ2) is 5.58. The first-order chi connectivity index (χ1) is 8.60. The van der Waals surface area contributed by atoms with Crippen LogP contribution in [0.2, 0.25) is 0 Å². The zero-order valence-corrected chi connectivity index (χ0v) is 11.1. The molecule has 0 saturated carbocycles. The van der Waals surface area contributed by atoms with Gasteiger partial charge < -0.3 is 5.11 Å². The van der Waals surface area contributed by atoms with Crippen LogP contribution in [0, 0.1) is 5.92 Å². The van der Waals surface area contributed by atoms with Gasteiger partial charge in [-0.1, -0.05) is 6.92 Å². The number of carboxylic acid groups (broad SMARTS) is 1. The molecule has 0 aromatic carbocycles. The van der Waals surface area contributed by atoms with Crippen molar-refractivity contribution in [3.05, 3.63) is 16.1 Å². The maximum absolute atomic E-state index is 11.6. The van der Waals surface area contributed by atoms with Crippen LogP contribution < -0.4 is 0 Å². The highest BCUT2D eigenvalue weighted by Crippen LogP contribution is 2.19. The Morgan fingerprint density at radius 1 is 1.67 bits per heavy atom. The van der Waals surface area contributed by atoms with Crippen molar-refractivity contribution in [3.63, 3.8) is 0 Å². The van der Waals surface area contributed by atoms with E-state index in [2.05, 4.69) is 9.88 Å². The molecule has 98 valence electrons. The third-order valence-electron chi connectivity index (χ3n) is 3.22. The third-order valence-corrected chi connectivity index (χ3v) is 4.10. The van der Waals surface area contributed by atoms with Gasteiger partial charge in [0.05, 0.1) is 5.69 Å². The molecule has 0 bridgehead atoms. The summed E-state index contributed by atoms with van der Waals surface area (Å²) >= 11 is 1.15. The summed E-state index contributed by atoms with van der Waals surface area (Å²) in [5.41, 5.74) is 0.779. The summed E-state index contributed by atoms with van der Waals surface area (Å²) in [7, 11) is 0. The minimum atomic E-state index is -0.980. The molecule has 1 N–H and O–H groups in total. The lowest BCUT2D eigenvalue weighted by Gasteiger charge is -2.30. The molecule has 1 aliphatic rings. The Bertz CT molecular complexity index is 458. The molecule has 5 nitrogen and oxygen atoms in total. The normalized spacial score (nSPS) is 21.2. The maximum Gasteiger partial charge on any atom is 0.365 e. The topological polar surface area (TPSA) is 70.5 Å². The second-order valence-corrected chi connectivity index (χ2v) is 5.36. The Balaban J connectivity index is 1.96. The van der Waals surface area contributed by atoms with Crippen LogP contribution >= 0.6 is 11.3 Å². The lowest BCUT2D eigenvalue weighted by atomic mass is 9.94. The lowest BCUT2D eigenvalue weighted by molar-refractivity contribution is -0.126. The Morgan fingerprint density at radius 2 is 2.44 bits per heavy atom. The van der Waals surface area contributed by atoms with Crippen LogP contribution in [0.3, 0.4) is 0 Å². The fourth-order valence-electron chi connectivity index (χ4n) is 2.18. The molecular weight excluding hydrogens is 252 g/mol. The van der Waals surface area contributed by atoms with Crippen molar-refractivity contribution in [3.8, 4) is 0 Å². The summed E-state index contributed by atoms with van der Waals surface area (Å²) in [6, 6.07) is 0. The quantitative estimate of drug-likeness (QED) is 0.899. The number of nitrogens with zero attached hydrogens (tertiary/aromatic N) is 2. The molecule has 0 spiro atoms. The Morgan fingerprint density at radius 3 is 3.06 bits per heavy atom. The number of carbonyl (C=O) groups excluding carboxylic acids is 1. The van der Waals surface area contributed by atoms with Gasteiger partial charge in [-0.05, 0) is 6.42 Å². The molecule has 1 aromatic rings. The van der Waals surface area contributed by atoms with Crippen molar-refractivity contribution in [1.82, 2.24) is 9.88 Å². The van der Waals surface area contributed by atoms with E-state index in [0.717, 1.165) is 36.5 Å². The van der Waals surface area contributed by atoms with Gasteiger partial charge >= 0.3 is 5.97 Å². The molecule has 1 unspecified atom stereocenters. The fourth-order valence-corrected chi connectivity index (χ4v) is 2.83. The van der Waals surface area contributed by atoms with Crippen molar-refractivity contribution in [1.29, 1.82) is 0 Å². The molecular formula is C12H16N2O3S. The van der Waals surface area contributed by atoms with E-state index in [9.17, 15) is 9.59 Å². The van der Waals surface area contributed by atoms with Gasteiger partial charge in [-0.2, -0.15) is 0 Å². The number of rotatable bonds is 4. The zero-order chi connectivity index (χ0) is 13.1. The third kappa shape index (κ3) is 2.94. The van der Waals surface area contributed by atoms with Gasteiger partial charge in [0.1, 0.15) is 5.78 Å². The average molecular weight is 268 g/mol. The molecule has 18 heavy (non-hydrogen) atoms. The van der Waals surface area contributed by atoms with Crippen LogP contribution in [-0.4, -0.2) is 39.8 Å². The van der Waals surface area contributed by atoms with E-state index >= 15 is 0 Å². The largest absolute Gasteiger partial charge is 0.476 e. The summed E-state index contributed by atoms with van der Waals surface area (Å²) in [6.07, 6.45) is 1.46. The molecule has 1 aromatic heterocycles. The highest BCUT2D eigenvalue weighted by atomic mass is 32.1. The first kappa shape index (κ1) is 13.2. The molecule has 1 atom stereocenters.